The van der Waals surface area contributed by atoms with Crippen LogP contribution in [-0.2, 0) is 16.4 Å². The Morgan fingerprint density at radius 1 is 1.42 bits per heavy atom. The lowest BCUT2D eigenvalue weighted by Crippen LogP contribution is -2.41. The third-order valence-corrected chi connectivity index (χ3v) is 5.71. The molecule has 0 radical (unpaired) electrons. The van der Waals surface area contributed by atoms with Gasteiger partial charge >= 0.3 is 0 Å². The molecule has 19 heavy (non-hydrogen) atoms. The smallest absolute Gasteiger partial charge is 0.214 e. The maximum Gasteiger partial charge on any atom is 0.214 e. The molecule has 1 atom stereocenters. The zero-order valence-corrected chi connectivity index (χ0v) is 12.4. The van der Waals surface area contributed by atoms with Crippen molar-refractivity contribution in [3.63, 3.8) is 0 Å². The molecule has 106 valence electrons. The maximum absolute atomic E-state index is 12.3. The van der Waals surface area contributed by atoms with Gasteiger partial charge in [-0.3, -0.25) is 4.98 Å². The van der Waals surface area contributed by atoms with E-state index >= 15 is 0 Å². The highest BCUT2D eigenvalue weighted by Gasteiger charge is 2.28. The molecule has 1 fully saturated rings. The van der Waals surface area contributed by atoms with Crippen LogP contribution in [0.2, 0.25) is 0 Å². The number of alkyl halides is 1. The van der Waals surface area contributed by atoms with Crippen molar-refractivity contribution in [2.75, 3.05) is 24.7 Å². The molecular formula is C13H19ClN2O2S. The van der Waals surface area contributed by atoms with Gasteiger partial charge in [0, 0.05) is 37.3 Å². The zero-order chi connectivity index (χ0) is 13.7. The van der Waals surface area contributed by atoms with E-state index in [2.05, 4.69) is 4.98 Å². The van der Waals surface area contributed by atoms with Crippen LogP contribution in [0.5, 0.6) is 0 Å². The van der Waals surface area contributed by atoms with E-state index in [9.17, 15) is 8.42 Å². The lowest BCUT2D eigenvalue weighted by atomic mass is 10.0. The van der Waals surface area contributed by atoms with Gasteiger partial charge in [0.1, 0.15) is 0 Å². The van der Waals surface area contributed by atoms with E-state index in [-0.39, 0.29) is 5.75 Å². The van der Waals surface area contributed by atoms with Gasteiger partial charge in [0.25, 0.3) is 0 Å². The fourth-order valence-corrected chi connectivity index (χ4v) is 4.14. The van der Waals surface area contributed by atoms with Crippen LogP contribution in [0.1, 0.15) is 18.5 Å². The summed E-state index contributed by atoms with van der Waals surface area (Å²) in [4.78, 5) is 4.15. The van der Waals surface area contributed by atoms with Gasteiger partial charge in [-0.2, -0.15) is 0 Å². The highest BCUT2D eigenvalue weighted by molar-refractivity contribution is 7.89. The molecule has 0 spiro atoms. The van der Waals surface area contributed by atoms with Gasteiger partial charge < -0.3 is 0 Å². The van der Waals surface area contributed by atoms with Gasteiger partial charge in [0.2, 0.25) is 10.0 Å². The third-order valence-electron chi connectivity index (χ3n) is 3.44. The van der Waals surface area contributed by atoms with Crippen LogP contribution in [-0.4, -0.2) is 42.4 Å². The first-order valence-corrected chi connectivity index (χ1v) is 8.70. The quantitative estimate of drug-likeness (QED) is 0.781. The van der Waals surface area contributed by atoms with Crippen molar-refractivity contribution in [1.29, 1.82) is 0 Å². The van der Waals surface area contributed by atoms with Gasteiger partial charge in [0.15, 0.2) is 0 Å². The first-order chi connectivity index (χ1) is 9.12. The fraction of sp³-hybridized carbons (Fsp3) is 0.615. The van der Waals surface area contributed by atoms with Crippen molar-refractivity contribution in [1.82, 2.24) is 9.29 Å². The van der Waals surface area contributed by atoms with Crippen molar-refractivity contribution < 1.29 is 8.42 Å². The second-order valence-electron chi connectivity index (χ2n) is 4.91. The molecule has 0 aromatic carbocycles. The Morgan fingerprint density at radius 2 is 2.26 bits per heavy atom. The molecule has 2 rings (SSSR count). The van der Waals surface area contributed by atoms with E-state index in [1.54, 1.807) is 10.5 Å². The average Bonchev–Trinajstić information content (AvgIpc) is 2.46. The van der Waals surface area contributed by atoms with Crippen LogP contribution in [0.25, 0.3) is 0 Å². The molecule has 0 N–H and O–H groups in total. The summed E-state index contributed by atoms with van der Waals surface area (Å²) in [7, 11) is -3.19. The average molecular weight is 303 g/mol. The summed E-state index contributed by atoms with van der Waals surface area (Å²) in [6.07, 6.45) is 4.08. The second kappa shape index (κ2) is 6.68. The molecule has 0 aliphatic carbocycles. The van der Waals surface area contributed by atoms with E-state index in [1.165, 1.54) is 0 Å². The maximum atomic E-state index is 12.3. The van der Waals surface area contributed by atoms with E-state index in [1.807, 2.05) is 18.2 Å². The Balaban J connectivity index is 1.94. The zero-order valence-electron chi connectivity index (χ0n) is 10.8. The molecule has 0 amide bonds. The predicted molar refractivity (Wildman–Crippen MR) is 76.7 cm³/mol. The first-order valence-electron chi connectivity index (χ1n) is 6.55. The summed E-state index contributed by atoms with van der Waals surface area (Å²) >= 11 is 5.84. The molecular weight excluding hydrogens is 284 g/mol. The molecule has 2 heterocycles. The van der Waals surface area contributed by atoms with Gasteiger partial charge in [-0.1, -0.05) is 6.07 Å². The Morgan fingerprint density at radius 3 is 2.95 bits per heavy atom. The minimum Gasteiger partial charge on any atom is -0.261 e. The van der Waals surface area contributed by atoms with Gasteiger partial charge in [0.05, 0.1) is 5.75 Å². The van der Waals surface area contributed by atoms with Crippen molar-refractivity contribution in [3.05, 3.63) is 30.1 Å². The van der Waals surface area contributed by atoms with Gasteiger partial charge in [-0.25, -0.2) is 12.7 Å². The van der Waals surface area contributed by atoms with E-state index < -0.39 is 10.0 Å². The Labute approximate surface area is 119 Å². The molecule has 6 heteroatoms. The van der Waals surface area contributed by atoms with Gasteiger partial charge in [-0.05, 0) is 30.9 Å². The molecule has 1 aliphatic rings. The van der Waals surface area contributed by atoms with Crippen LogP contribution < -0.4 is 0 Å². The Kier molecular flexibility index (Phi) is 5.19. The number of hydrogen-bond acceptors (Lipinski definition) is 3. The summed E-state index contributed by atoms with van der Waals surface area (Å²) < 4.78 is 26.1. The van der Waals surface area contributed by atoms with Crippen LogP contribution in [0.4, 0.5) is 0 Å². The minimum absolute atomic E-state index is 0.124. The first kappa shape index (κ1) is 14.8. The van der Waals surface area contributed by atoms with Gasteiger partial charge in [-0.15, -0.1) is 11.6 Å². The molecule has 1 aliphatic heterocycles. The summed E-state index contributed by atoms with van der Waals surface area (Å²) in [5, 5.41) is 0. The highest BCUT2D eigenvalue weighted by Crippen LogP contribution is 2.20. The molecule has 1 aromatic heterocycles. The molecule has 0 bridgehead atoms. The Hall–Kier alpha value is -0.650. The monoisotopic (exact) mass is 302 g/mol. The number of aromatic nitrogens is 1. The normalized spacial score (nSPS) is 21.4. The largest absolute Gasteiger partial charge is 0.261 e. The molecule has 4 nitrogen and oxygen atoms in total. The highest BCUT2D eigenvalue weighted by atomic mass is 35.5. The van der Waals surface area contributed by atoms with Crippen molar-refractivity contribution in [2.45, 2.75) is 19.3 Å². The van der Waals surface area contributed by atoms with E-state index in [0.29, 0.717) is 31.3 Å². The predicted octanol–water partition coefficient (Wildman–Crippen LogP) is 1.90. The van der Waals surface area contributed by atoms with Crippen LogP contribution in [0.15, 0.2) is 24.4 Å². The fourth-order valence-electron chi connectivity index (χ4n) is 2.31. The summed E-state index contributed by atoms with van der Waals surface area (Å²) in [6.45, 7) is 1.19. The SMILES string of the molecule is O=S(=O)(CCc1ccccn1)N1CCCC(CCl)C1. The van der Waals surface area contributed by atoms with Crippen LogP contribution in [0.3, 0.4) is 0 Å². The van der Waals surface area contributed by atoms with Crippen LogP contribution >= 0.6 is 11.6 Å². The van der Waals surface area contributed by atoms with Crippen molar-refractivity contribution in [3.8, 4) is 0 Å². The summed E-state index contributed by atoms with van der Waals surface area (Å²) in [5.74, 6) is 0.950. The number of aryl methyl sites for hydroxylation is 1. The van der Waals surface area contributed by atoms with E-state index in [0.717, 1.165) is 18.5 Å². The lowest BCUT2D eigenvalue weighted by Gasteiger charge is -2.30. The summed E-state index contributed by atoms with van der Waals surface area (Å²) in [5.41, 5.74) is 0.817. The lowest BCUT2D eigenvalue weighted by molar-refractivity contribution is 0.283. The molecule has 1 saturated heterocycles. The number of sulfonamides is 1. The third kappa shape index (κ3) is 4.16. The number of halogens is 1. The van der Waals surface area contributed by atoms with Crippen LogP contribution in [0, 0.1) is 5.92 Å². The number of rotatable bonds is 5. The second-order valence-corrected chi connectivity index (χ2v) is 7.30. The standard InChI is InChI=1S/C13H19ClN2O2S/c14-10-12-4-3-8-16(11-12)19(17,18)9-6-13-5-1-2-7-15-13/h1-2,5,7,12H,3-4,6,8-11H2. The minimum atomic E-state index is -3.19. The molecule has 1 aromatic rings. The molecule has 0 saturated carbocycles. The number of nitrogens with zero attached hydrogens (tertiary/aromatic N) is 2. The number of piperidine rings is 1. The number of pyridine rings is 1. The van der Waals surface area contributed by atoms with E-state index in [4.69, 9.17) is 11.6 Å². The van der Waals surface area contributed by atoms with Crippen molar-refractivity contribution >= 4 is 21.6 Å². The number of hydrogen-bond donors (Lipinski definition) is 0. The summed E-state index contributed by atoms with van der Waals surface area (Å²) in [6, 6.07) is 5.56. The molecule has 1 unspecified atom stereocenters. The topological polar surface area (TPSA) is 50.3 Å². The Bertz CT molecular complexity index is 493. The van der Waals surface area contributed by atoms with Crippen molar-refractivity contribution in [2.24, 2.45) is 5.92 Å².